The zero-order valence-corrected chi connectivity index (χ0v) is 8.84. The van der Waals surface area contributed by atoms with Crippen molar-refractivity contribution in [3.05, 3.63) is 0 Å². The second kappa shape index (κ2) is 3.23. The maximum Gasteiger partial charge on any atom is 0.312 e. The Labute approximate surface area is 85.0 Å². The standard InChI is InChI=1S/C11H19NO2/c1-2-7-14-9(13)10-3-5-11(12,8-10)6-4-10/h2-8,12H2,1H3. The third-order valence-corrected chi connectivity index (χ3v) is 3.76. The first-order valence-electron chi connectivity index (χ1n) is 5.56. The Hall–Kier alpha value is -0.570. The SMILES string of the molecule is CCCOC(=O)C12CCC(N)(CC1)C2. The molecule has 0 aromatic heterocycles. The van der Waals surface area contributed by atoms with Crippen LogP contribution >= 0.6 is 0 Å². The van der Waals surface area contributed by atoms with E-state index in [2.05, 4.69) is 0 Å². The maximum atomic E-state index is 11.8. The minimum atomic E-state index is -0.204. The van der Waals surface area contributed by atoms with Crippen molar-refractivity contribution in [2.45, 2.75) is 51.0 Å². The van der Waals surface area contributed by atoms with E-state index in [4.69, 9.17) is 10.5 Å². The van der Waals surface area contributed by atoms with Gasteiger partial charge < -0.3 is 10.5 Å². The molecule has 0 aliphatic heterocycles. The Bertz CT molecular complexity index is 242. The van der Waals surface area contributed by atoms with Crippen LogP contribution in [-0.4, -0.2) is 18.1 Å². The zero-order valence-electron chi connectivity index (χ0n) is 8.84. The summed E-state index contributed by atoms with van der Waals surface area (Å²) in [4.78, 5) is 11.8. The minimum absolute atomic E-state index is 0.00387. The monoisotopic (exact) mass is 197 g/mol. The zero-order chi connectivity index (χ0) is 10.2. The van der Waals surface area contributed by atoms with Gasteiger partial charge in [-0.1, -0.05) is 6.92 Å². The van der Waals surface area contributed by atoms with Gasteiger partial charge in [0.1, 0.15) is 0 Å². The van der Waals surface area contributed by atoms with Crippen LogP contribution in [-0.2, 0) is 9.53 Å². The molecule has 2 N–H and O–H groups in total. The van der Waals surface area contributed by atoms with Gasteiger partial charge in [0.05, 0.1) is 12.0 Å². The molecule has 0 aromatic rings. The fourth-order valence-electron chi connectivity index (χ4n) is 2.88. The number of carbonyl (C=O) groups excluding carboxylic acids is 1. The molecule has 3 heteroatoms. The number of hydrogen-bond acceptors (Lipinski definition) is 3. The predicted octanol–water partition coefficient (Wildman–Crippen LogP) is 1.60. The number of carbonyl (C=O) groups is 1. The van der Waals surface area contributed by atoms with Crippen molar-refractivity contribution in [3.8, 4) is 0 Å². The molecule has 0 unspecified atom stereocenters. The van der Waals surface area contributed by atoms with E-state index >= 15 is 0 Å². The van der Waals surface area contributed by atoms with Gasteiger partial charge in [0.2, 0.25) is 0 Å². The van der Waals surface area contributed by atoms with Crippen LogP contribution in [0.25, 0.3) is 0 Å². The van der Waals surface area contributed by atoms with Crippen LogP contribution < -0.4 is 5.73 Å². The molecule has 0 heterocycles. The number of ether oxygens (including phenoxy) is 1. The summed E-state index contributed by atoms with van der Waals surface area (Å²) in [7, 11) is 0. The summed E-state index contributed by atoms with van der Waals surface area (Å²) in [5.74, 6) is 0.00387. The van der Waals surface area contributed by atoms with Crippen molar-refractivity contribution >= 4 is 5.97 Å². The fraction of sp³-hybridized carbons (Fsp3) is 0.909. The van der Waals surface area contributed by atoms with Crippen LogP contribution in [0.15, 0.2) is 0 Å². The van der Waals surface area contributed by atoms with E-state index in [1.807, 2.05) is 6.92 Å². The van der Waals surface area contributed by atoms with Crippen LogP contribution in [0.1, 0.15) is 45.4 Å². The Kier molecular flexibility index (Phi) is 2.30. The molecule has 2 rings (SSSR count). The third kappa shape index (κ3) is 1.44. The maximum absolute atomic E-state index is 11.8. The highest BCUT2D eigenvalue weighted by molar-refractivity contribution is 5.78. The first-order chi connectivity index (χ1) is 6.60. The first kappa shape index (κ1) is 9.97. The second-order valence-electron chi connectivity index (χ2n) is 4.96. The van der Waals surface area contributed by atoms with Crippen molar-refractivity contribution in [1.29, 1.82) is 0 Å². The van der Waals surface area contributed by atoms with Crippen molar-refractivity contribution in [2.75, 3.05) is 6.61 Å². The molecular formula is C11H19NO2. The van der Waals surface area contributed by atoms with Gasteiger partial charge in [0.15, 0.2) is 0 Å². The summed E-state index contributed by atoms with van der Waals surface area (Å²) < 4.78 is 5.25. The molecule has 2 fully saturated rings. The lowest BCUT2D eigenvalue weighted by Gasteiger charge is -2.24. The highest BCUT2D eigenvalue weighted by Gasteiger charge is 2.57. The van der Waals surface area contributed by atoms with Gasteiger partial charge in [-0.3, -0.25) is 4.79 Å². The van der Waals surface area contributed by atoms with Gasteiger partial charge >= 0.3 is 5.97 Å². The Morgan fingerprint density at radius 1 is 1.36 bits per heavy atom. The van der Waals surface area contributed by atoms with Gasteiger partial charge in [-0.25, -0.2) is 0 Å². The molecule has 0 saturated heterocycles. The van der Waals surface area contributed by atoms with Crippen molar-refractivity contribution in [1.82, 2.24) is 0 Å². The lowest BCUT2D eigenvalue weighted by atomic mass is 9.84. The van der Waals surface area contributed by atoms with E-state index in [0.717, 1.165) is 38.5 Å². The van der Waals surface area contributed by atoms with Gasteiger partial charge in [0, 0.05) is 5.54 Å². The molecule has 3 nitrogen and oxygen atoms in total. The summed E-state index contributed by atoms with van der Waals surface area (Å²) in [6, 6.07) is 0. The molecule has 0 amide bonds. The van der Waals surface area contributed by atoms with Crippen LogP contribution in [0.2, 0.25) is 0 Å². The molecule has 0 aromatic carbocycles. The lowest BCUT2D eigenvalue weighted by molar-refractivity contribution is -0.155. The average molecular weight is 197 g/mol. The highest BCUT2D eigenvalue weighted by Crippen LogP contribution is 2.55. The Morgan fingerprint density at radius 2 is 2.00 bits per heavy atom. The molecule has 0 radical (unpaired) electrons. The molecule has 0 atom stereocenters. The van der Waals surface area contributed by atoms with Crippen LogP contribution in [0.4, 0.5) is 0 Å². The Balaban J connectivity index is 2.01. The van der Waals surface area contributed by atoms with E-state index < -0.39 is 0 Å². The smallest absolute Gasteiger partial charge is 0.312 e. The van der Waals surface area contributed by atoms with E-state index in [0.29, 0.717) is 6.61 Å². The predicted molar refractivity (Wildman–Crippen MR) is 53.7 cm³/mol. The van der Waals surface area contributed by atoms with Crippen LogP contribution in [0.3, 0.4) is 0 Å². The second-order valence-corrected chi connectivity index (χ2v) is 4.96. The number of nitrogens with two attached hydrogens (primary N) is 1. The summed E-state index contributed by atoms with van der Waals surface area (Å²) in [5.41, 5.74) is 5.89. The molecule has 14 heavy (non-hydrogen) atoms. The quantitative estimate of drug-likeness (QED) is 0.699. The summed E-state index contributed by atoms with van der Waals surface area (Å²) in [5, 5.41) is 0. The van der Waals surface area contributed by atoms with Gasteiger partial charge in [-0.05, 0) is 38.5 Å². The van der Waals surface area contributed by atoms with E-state index in [-0.39, 0.29) is 16.9 Å². The highest BCUT2D eigenvalue weighted by atomic mass is 16.5. The number of rotatable bonds is 3. The van der Waals surface area contributed by atoms with Gasteiger partial charge in [0.25, 0.3) is 0 Å². The van der Waals surface area contributed by atoms with Crippen LogP contribution in [0, 0.1) is 5.41 Å². The molecule has 2 aliphatic carbocycles. The minimum Gasteiger partial charge on any atom is -0.465 e. The molecule has 0 spiro atoms. The number of esters is 1. The topological polar surface area (TPSA) is 52.3 Å². The van der Waals surface area contributed by atoms with Gasteiger partial charge in [-0.2, -0.15) is 0 Å². The third-order valence-electron chi connectivity index (χ3n) is 3.76. The van der Waals surface area contributed by atoms with E-state index in [1.165, 1.54) is 0 Å². The summed E-state index contributed by atoms with van der Waals surface area (Å²) in [6.45, 7) is 2.57. The molecule has 2 saturated carbocycles. The molecule has 2 aliphatic rings. The van der Waals surface area contributed by atoms with E-state index in [1.54, 1.807) is 0 Å². The molecule has 80 valence electrons. The number of hydrogen-bond donors (Lipinski definition) is 1. The van der Waals surface area contributed by atoms with Gasteiger partial charge in [-0.15, -0.1) is 0 Å². The summed E-state index contributed by atoms with van der Waals surface area (Å²) in [6.07, 6.45) is 5.61. The molecule has 2 bridgehead atoms. The molecular weight excluding hydrogens is 178 g/mol. The largest absolute Gasteiger partial charge is 0.465 e. The first-order valence-corrected chi connectivity index (χ1v) is 5.56. The fourth-order valence-corrected chi connectivity index (χ4v) is 2.88. The lowest BCUT2D eigenvalue weighted by Crippen LogP contribution is -2.33. The van der Waals surface area contributed by atoms with Crippen molar-refractivity contribution < 1.29 is 9.53 Å². The average Bonchev–Trinajstić information content (AvgIpc) is 2.68. The Morgan fingerprint density at radius 3 is 2.43 bits per heavy atom. The summed E-state index contributed by atoms with van der Waals surface area (Å²) >= 11 is 0. The van der Waals surface area contributed by atoms with Crippen molar-refractivity contribution in [3.63, 3.8) is 0 Å². The van der Waals surface area contributed by atoms with Crippen molar-refractivity contribution in [2.24, 2.45) is 11.1 Å². The normalized spacial score (nSPS) is 40.1. The van der Waals surface area contributed by atoms with E-state index in [9.17, 15) is 4.79 Å². The number of fused-ring (bicyclic) bond motifs is 2. The van der Waals surface area contributed by atoms with Crippen LogP contribution in [0.5, 0.6) is 0 Å².